The first-order valence-electron chi connectivity index (χ1n) is 4.76. The van der Waals surface area contributed by atoms with Gasteiger partial charge in [0.05, 0.1) is 19.8 Å². The van der Waals surface area contributed by atoms with Crippen LogP contribution in [0.25, 0.3) is 0 Å². The van der Waals surface area contributed by atoms with E-state index in [9.17, 15) is 4.79 Å². The molecule has 0 amide bonds. The molecule has 0 unspecified atom stereocenters. The molecule has 0 saturated carbocycles. The van der Waals surface area contributed by atoms with Crippen molar-refractivity contribution in [3.8, 4) is 11.5 Å². The minimum atomic E-state index is -0.00801. The standard InChI is InChI=1S/C12H16O3/c1-7-6-10(14-4)8(2)11(9(3)13)12(7)15-5/h6H,1-5H3. The Morgan fingerprint density at radius 2 is 1.80 bits per heavy atom. The predicted molar refractivity (Wildman–Crippen MR) is 59.0 cm³/mol. The van der Waals surface area contributed by atoms with Gasteiger partial charge in [0.1, 0.15) is 11.5 Å². The third kappa shape index (κ3) is 1.96. The molecule has 0 atom stereocenters. The lowest BCUT2D eigenvalue weighted by molar-refractivity contribution is 0.101. The number of aryl methyl sites for hydroxylation is 1. The van der Waals surface area contributed by atoms with E-state index in [1.165, 1.54) is 6.92 Å². The van der Waals surface area contributed by atoms with E-state index >= 15 is 0 Å². The molecule has 0 heterocycles. The van der Waals surface area contributed by atoms with Gasteiger partial charge in [-0.15, -0.1) is 0 Å². The summed E-state index contributed by atoms with van der Waals surface area (Å²) in [7, 11) is 3.17. The number of hydrogen-bond acceptors (Lipinski definition) is 3. The van der Waals surface area contributed by atoms with Crippen LogP contribution in [0.3, 0.4) is 0 Å². The molecule has 0 N–H and O–H groups in total. The van der Waals surface area contributed by atoms with Crippen LogP contribution in [0.1, 0.15) is 28.4 Å². The van der Waals surface area contributed by atoms with Crippen LogP contribution in [0, 0.1) is 13.8 Å². The predicted octanol–water partition coefficient (Wildman–Crippen LogP) is 2.52. The second-order valence-electron chi connectivity index (χ2n) is 3.49. The van der Waals surface area contributed by atoms with Gasteiger partial charge in [-0.05, 0) is 32.4 Å². The fourth-order valence-corrected chi connectivity index (χ4v) is 1.76. The molecule has 82 valence electrons. The maximum absolute atomic E-state index is 11.5. The highest BCUT2D eigenvalue weighted by Gasteiger charge is 2.17. The number of carbonyl (C=O) groups is 1. The van der Waals surface area contributed by atoms with Crippen molar-refractivity contribution in [1.29, 1.82) is 0 Å². The fraction of sp³-hybridized carbons (Fsp3) is 0.417. The first kappa shape index (κ1) is 11.6. The number of methoxy groups -OCH3 is 2. The fourth-order valence-electron chi connectivity index (χ4n) is 1.76. The molecule has 1 aromatic rings. The summed E-state index contributed by atoms with van der Waals surface area (Å²) in [5.74, 6) is 1.35. The maximum atomic E-state index is 11.5. The van der Waals surface area contributed by atoms with Gasteiger partial charge in [0.15, 0.2) is 5.78 Å². The molecule has 0 aliphatic heterocycles. The minimum Gasteiger partial charge on any atom is -0.496 e. The van der Waals surface area contributed by atoms with E-state index in [4.69, 9.17) is 9.47 Å². The Labute approximate surface area is 90.0 Å². The summed E-state index contributed by atoms with van der Waals surface area (Å²) in [6.45, 7) is 5.29. The van der Waals surface area contributed by atoms with Crippen LogP contribution in [0.2, 0.25) is 0 Å². The molecule has 0 radical (unpaired) electrons. The molecular weight excluding hydrogens is 192 g/mol. The number of carbonyl (C=O) groups excluding carboxylic acids is 1. The highest BCUT2D eigenvalue weighted by molar-refractivity contribution is 5.99. The zero-order chi connectivity index (χ0) is 11.6. The van der Waals surface area contributed by atoms with Gasteiger partial charge in [0.25, 0.3) is 0 Å². The third-order valence-corrected chi connectivity index (χ3v) is 2.45. The van der Waals surface area contributed by atoms with Crippen molar-refractivity contribution in [3.63, 3.8) is 0 Å². The summed E-state index contributed by atoms with van der Waals surface area (Å²) in [4.78, 5) is 11.5. The number of hydrogen-bond donors (Lipinski definition) is 0. The molecule has 0 aliphatic rings. The summed E-state index contributed by atoms with van der Waals surface area (Å²) in [6, 6.07) is 1.88. The van der Waals surface area contributed by atoms with Gasteiger partial charge in [-0.3, -0.25) is 4.79 Å². The lowest BCUT2D eigenvalue weighted by atomic mass is 9.99. The van der Waals surface area contributed by atoms with Crippen LogP contribution in [0.4, 0.5) is 0 Å². The van der Waals surface area contributed by atoms with Crippen LogP contribution in [-0.4, -0.2) is 20.0 Å². The zero-order valence-electron chi connectivity index (χ0n) is 9.80. The quantitative estimate of drug-likeness (QED) is 0.716. The smallest absolute Gasteiger partial charge is 0.163 e. The van der Waals surface area contributed by atoms with Gasteiger partial charge < -0.3 is 9.47 Å². The van der Waals surface area contributed by atoms with E-state index in [2.05, 4.69) is 0 Å². The lowest BCUT2D eigenvalue weighted by Crippen LogP contribution is -2.04. The Hall–Kier alpha value is -1.51. The lowest BCUT2D eigenvalue weighted by Gasteiger charge is -2.15. The number of ketones is 1. The van der Waals surface area contributed by atoms with Gasteiger partial charge >= 0.3 is 0 Å². The molecule has 1 aromatic carbocycles. The monoisotopic (exact) mass is 208 g/mol. The molecule has 0 aromatic heterocycles. The summed E-state index contributed by atoms with van der Waals surface area (Å²) in [5, 5.41) is 0. The normalized spacial score (nSPS) is 9.93. The van der Waals surface area contributed by atoms with Crippen LogP contribution in [0.5, 0.6) is 11.5 Å². The molecule has 0 fully saturated rings. The van der Waals surface area contributed by atoms with Gasteiger partial charge in [-0.1, -0.05) is 0 Å². The molecule has 0 saturated heterocycles. The molecular formula is C12H16O3. The van der Waals surface area contributed by atoms with Crippen molar-refractivity contribution < 1.29 is 14.3 Å². The Morgan fingerprint density at radius 1 is 1.20 bits per heavy atom. The van der Waals surface area contributed by atoms with Crippen LogP contribution in [-0.2, 0) is 0 Å². The molecule has 15 heavy (non-hydrogen) atoms. The van der Waals surface area contributed by atoms with Crippen LogP contribution < -0.4 is 9.47 Å². The molecule has 0 bridgehead atoms. The van der Waals surface area contributed by atoms with Gasteiger partial charge in [0, 0.05) is 5.56 Å². The minimum absolute atomic E-state index is 0.00801. The van der Waals surface area contributed by atoms with E-state index in [-0.39, 0.29) is 5.78 Å². The maximum Gasteiger partial charge on any atom is 0.163 e. The number of benzene rings is 1. The van der Waals surface area contributed by atoms with Crippen molar-refractivity contribution in [2.75, 3.05) is 14.2 Å². The van der Waals surface area contributed by atoms with Crippen molar-refractivity contribution in [1.82, 2.24) is 0 Å². The largest absolute Gasteiger partial charge is 0.496 e. The second kappa shape index (κ2) is 4.34. The average Bonchev–Trinajstić information content (AvgIpc) is 2.19. The molecule has 3 heteroatoms. The first-order valence-corrected chi connectivity index (χ1v) is 4.76. The van der Waals surface area contributed by atoms with Gasteiger partial charge in [-0.25, -0.2) is 0 Å². The molecule has 0 spiro atoms. The SMILES string of the molecule is COc1cc(C)c(OC)c(C(C)=O)c1C. The molecule has 0 aliphatic carbocycles. The Morgan fingerprint density at radius 3 is 2.20 bits per heavy atom. The zero-order valence-corrected chi connectivity index (χ0v) is 9.80. The topological polar surface area (TPSA) is 35.5 Å². The highest BCUT2D eigenvalue weighted by atomic mass is 16.5. The van der Waals surface area contributed by atoms with Crippen LogP contribution >= 0.6 is 0 Å². The molecule has 3 nitrogen and oxygen atoms in total. The van der Waals surface area contributed by atoms with Gasteiger partial charge in [-0.2, -0.15) is 0 Å². The van der Waals surface area contributed by atoms with Crippen molar-refractivity contribution in [3.05, 3.63) is 22.8 Å². The second-order valence-corrected chi connectivity index (χ2v) is 3.49. The molecule has 1 rings (SSSR count). The average molecular weight is 208 g/mol. The summed E-state index contributed by atoms with van der Waals surface area (Å²) < 4.78 is 10.4. The Bertz CT molecular complexity index is 394. The summed E-state index contributed by atoms with van der Waals surface area (Å²) in [6.07, 6.45) is 0. The van der Waals surface area contributed by atoms with E-state index in [0.29, 0.717) is 11.3 Å². The van der Waals surface area contributed by atoms with E-state index < -0.39 is 0 Å². The number of Topliss-reactive ketones (excluding diaryl/α,β-unsaturated/α-hetero) is 1. The Balaban J connectivity index is 3.55. The van der Waals surface area contributed by atoms with E-state index in [1.54, 1.807) is 14.2 Å². The van der Waals surface area contributed by atoms with Crippen molar-refractivity contribution in [2.24, 2.45) is 0 Å². The highest BCUT2D eigenvalue weighted by Crippen LogP contribution is 2.33. The number of rotatable bonds is 3. The van der Waals surface area contributed by atoms with Crippen molar-refractivity contribution >= 4 is 5.78 Å². The first-order chi connectivity index (χ1) is 7.02. The van der Waals surface area contributed by atoms with Crippen molar-refractivity contribution in [2.45, 2.75) is 20.8 Å². The van der Waals surface area contributed by atoms with E-state index in [0.717, 1.165) is 16.9 Å². The van der Waals surface area contributed by atoms with Gasteiger partial charge in [0.2, 0.25) is 0 Å². The summed E-state index contributed by atoms with van der Waals surface area (Å²) >= 11 is 0. The van der Waals surface area contributed by atoms with Crippen LogP contribution in [0.15, 0.2) is 6.07 Å². The third-order valence-electron chi connectivity index (χ3n) is 2.45. The van der Waals surface area contributed by atoms with E-state index in [1.807, 2.05) is 19.9 Å². The Kier molecular flexibility index (Phi) is 3.35. The summed E-state index contributed by atoms with van der Waals surface area (Å²) in [5.41, 5.74) is 2.34. The number of ether oxygens (including phenoxy) is 2.